The summed E-state index contributed by atoms with van der Waals surface area (Å²) in [6.45, 7) is 5.63. The van der Waals surface area contributed by atoms with Gasteiger partial charge in [-0.05, 0) is 34.4 Å². The second-order valence-electron chi connectivity index (χ2n) is 5.07. The molecule has 1 nitrogen and oxygen atoms in total. The van der Waals surface area contributed by atoms with E-state index in [4.69, 9.17) is 0 Å². The number of rotatable bonds is 2. The van der Waals surface area contributed by atoms with E-state index in [1.807, 2.05) is 0 Å². The van der Waals surface area contributed by atoms with Crippen LogP contribution in [-0.2, 0) is 6.42 Å². The molecule has 0 aliphatic carbocycles. The van der Waals surface area contributed by atoms with Crippen molar-refractivity contribution in [1.29, 1.82) is 0 Å². The van der Waals surface area contributed by atoms with Gasteiger partial charge in [-0.1, -0.05) is 44.5 Å². The third-order valence-corrected chi connectivity index (χ3v) is 3.80. The Morgan fingerprint density at radius 2 is 2.06 bits per heavy atom. The Balaban J connectivity index is 2.27. The van der Waals surface area contributed by atoms with Gasteiger partial charge in [0.25, 0.3) is 0 Å². The van der Waals surface area contributed by atoms with Gasteiger partial charge in [-0.2, -0.15) is 0 Å². The molecular weight excluding hydrogens is 206 g/mol. The fraction of sp³-hybridized carbons (Fsp3) is 0.375. The number of nitrogens with one attached hydrogen (secondary N) is 1. The van der Waals surface area contributed by atoms with E-state index in [1.165, 1.54) is 40.4 Å². The summed E-state index contributed by atoms with van der Waals surface area (Å²) >= 11 is 0. The number of hydrogen-bond donors (Lipinski definition) is 1. The minimum absolute atomic E-state index is 0.630. The van der Waals surface area contributed by atoms with Crippen LogP contribution in [0.5, 0.6) is 0 Å². The van der Waals surface area contributed by atoms with Crippen LogP contribution >= 0.6 is 0 Å². The highest BCUT2D eigenvalue weighted by Crippen LogP contribution is 2.38. The van der Waals surface area contributed by atoms with E-state index < -0.39 is 0 Å². The molecule has 0 bridgehead atoms. The van der Waals surface area contributed by atoms with Crippen molar-refractivity contribution < 1.29 is 0 Å². The van der Waals surface area contributed by atoms with Gasteiger partial charge in [0.05, 0.1) is 0 Å². The van der Waals surface area contributed by atoms with Gasteiger partial charge >= 0.3 is 0 Å². The van der Waals surface area contributed by atoms with Crippen molar-refractivity contribution in [3.63, 3.8) is 0 Å². The lowest BCUT2D eigenvalue weighted by molar-refractivity contribution is 0.860. The lowest BCUT2D eigenvalue weighted by Crippen LogP contribution is -1.96. The van der Waals surface area contributed by atoms with E-state index in [9.17, 15) is 0 Å². The zero-order valence-electron chi connectivity index (χ0n) is 10.6. The summed E-state index contributed by atoms with van der Waals surface area (Å²) < 4.78 is 0. The zero-order chi connectivity index (χ0) is 11.8. The van der Waals surface area contributed by atoms with Gasteiger partial charge < -0.3 is 5.32 Å². The Morgan fingerprint density at radius 3 is 2.88 bits per heavy atom. The van der Waals surface area contributed by atoms with Crippen molar-refractivity contribution in [3.05, 3.63) is 41.5 Å². The van der Waals surface area contributed by atoms with E-state index in [0.29, 0.717) is 5.92 Å². The van der Waals surface area contributed by atoms with Crippen molar-refractivity contribution in [2.24, 2.45) is 0 Å². The molecule has 1 N–H and O–H groups in total. The molecule has 3 rings (SSSR count). The van der Waals surface area contributed by atoms with Gasteiger partial charge in [0.15, 0.2) is 0 Å². The molecule has 0 radical (unpaired) electrons. The molecule has 1 aliphatic heterocycles. The van der Waals surface area contributed by atoms with Crippen molar-refractivity contribution in [2.75, 3.05) is 11.9 Å². The second kappa shape index (κ2) is 4.06. The molecule has 0 saturated heterocycles. The predicted octanol–water partition coefficient (Wildman–Crippen LogP) is 4.32. The third kappa shape index (κ3) is 1.61. The topological polar surface area (TPSA) is 12.0 Å². The first-order chi connectivity index (χ1) is 8.31. The normalized spacial score (nSPS) is 18.1. The fourth-order valence-corrected chi connectivity index (χ4v) is 2.98. The van der Waals surface area contributed by atoms with Gasteiger partial charge in [0.1, 0.15) is 0 Å². The molecule has 1 atom stereocenters. The number of anilines is 1. The molecule has 88 valence electrons. The number of benzene rings is 2. The Labute approximate surface area is 103 Å². The van der Waals surface area contributed by atoms with Crippen LogP contribution in [0.3, 0.4) is 0 Å². The number of aryl methyl sites for hydroxylation is 1. The molecule has 0 saturated carbocycles. The summed E-state index contributed by atoms with van der Waals surface area (Å²) in [5.74, 6) is 0.630. The maximum absolute atomic E-state index is 3.49. The van der Waals surface area contributed by atoms with E-state index in [-0.39, 0.29) is 0 Å². The van der Waals surface area contributed by atoms with Crippen LogP contribution in [-0.4, -0.2) is 6.54 Å². The Kier molecular flexibility index (Phi) is 2.54. The van der Waals surface area contributed by atoms with Crippen LogP contribution in [0.1, 0.15) is 37.3 Å². The molecule has 1 aliphatic rings. The minimum Gasteiger partial charge on any atom is -0.384 e. The molecule has 1 heteroatoms. The van der Waals surface area contributed by atoms with Gasteiger partial charge in [-0.25, -0.2) is 0 Å². The SMILES string of the molecule is CCCc1cccc2c3c(ccc12)NCC3C. The standard InChI is InChI=1S/C16H19N/c1-3-5-12-6-4-7-14-13(12)8-9-15-16(14)11(2)10-17-15/h4,6-9,11,17H,3,5,10H2,1-2H3. The molecule has 0 spiro atoms. The van der Waals surface area contributed by atoms with E-state index in [0.717, 1.165) is 6.54 Å². The summed E-state index contributed by atoms with van der Waals surface area (Å²) in [7, 11) is 0. The van der Waals surface area contributed by atoms with Crippen molar-refractivity contribution in [2.45, 2.75) is 32.6 Å². The molecule has 0 amide bonds. The molecule has 1 unspecified atom stereocenters. The van der Waals surface area contributed by atoms with Crippen molar-refractivity contribution in [1.82, 2.24) is 0 Å². The molecule has 17 heavy (non-hydrogen) atoms. The lowest BCUT2D eigenvalue weighted by Gasteiger charge is -2.11. The van der Waals surface area contributed by atoms with Gasteiger partial charge in [-0.3, -0.25) is 0 Å². The zero-order valence-corrected chi connectivity index (χ0v) is 10.6. The number of hydrogen-bond acceptors (Lipinski definition) is 1. The van der Waals surface area contributed by atoms with E-state index >= 15 is 0 Å². The van der Waals surface area contributed by atoms with Crippen LogP contribution in [0, 0.1) is 0 Å². The average molecular weight is 225 g/mol. The molecular formula is C16H19N. The van der Waals surface area contributed by atoms with Crippen molar-refractivity contribution >= 4 is 16.5 Å². The van der Waals surface area contributed by atoms with Crippen LogP contribution < -0.4 is 5.32 Å². The Morgan fingerprint density at radius 1 is 1.18 bits per heavy atom. The molecule has 2 aromatic rings. The Hall–Kier alpha value is -1.50. The first-order valence-electron chi connectivity index (χ1n) is 6.59. The molecule has 0 fully saturated rings. The van der Waals surface area contributed by atoms with Crippen LogP contribution in [0.25, 0.3) is 10.8 Å². The molecule has 1 heterocycles. The quantitative estimate of drug-likeness (QED) is 0.802. The lowest BCUT2D eigenvalue weighted by atomic mass is 9.93. The van der Waals surface area contributed by atoms with E-state index in [2.05, 4.69) is 49.5 Å². The monoisotopic (exact) mass is 225 g/mol. The predicted molar refractivity (Wildman–Crippen MR) is 74.8 cm³/mol. The fourth-order valence-electron chi connectivity index (χ4n) is 2.98. The summed E-state index contributed by atoms with van der Waals surface area (Å²) in [4.78, 5) is 0. The summed E-state index contributed by atoms with van der Waals surface area (Å²) in [6.07, 6.45) is 2.39. The van der Waals surface area contributed by atoms with Gasteiger partial charge in [0.2, 0.25) is 0 Å². The summed E-state index contributed by atoms with van der Waals surface area (Å²) in [5.41, 5.74) is 4.34. The van der Waals surface area contributed by atoms with Crippen LogP contribution in [0.4, 0.5) is 5.69 Å². The highest BCUT2D eigenvalue weighted by molar-refractivity contribution is 5.94. The first kappa shape index (κ1) is 10.6. The minimum atomic E-state index is 0.630. The van der Waals surface area contributed by atoms with Crippen LogP contribution in [0.15, 0.2) is 30.3 Å². The maximum Gasteiger partial charge on any atom is 0.0382 e. The van der Waals surface area contributed by atoms with E-state index in [1.54, 1.807) is 0 Å². The average Bonchev–Trinajstić information content (AvgIpc) is 2.72. The van der Waals surface area contributed by atoms with Gasteiger partial charge in [0, 0.05) is 18.2 Å². The summed E-state index contributed by atoms with van der Waals surface area (Å²) in [5, 5.41) is 6.39. The third-order valence-electron chi connectivity index (χ3n) is 3.80. The van der Waals surface area contributed by atoms with Crippen molar-refractivity contribution in [3.8, 4) is 0 Å². The first-order valence-corrected chi connectivity index (χ1v) is 6.59. The largest absolute Gasteiger partial charge is 0.384 e. The summed E-state index contributed by atoms with van der Waals surface area (Å²) in [6, 6.07) is 11.3. The Bertz CT molecular complexity index is 557. The van der Waals surface area contributed by atoms with Crippen LogP contribution in [0.2, 0.25) is 0 Å². The second-order valence-corrected chi connectivity index (χ2v) is 5.07. The molecule has 2 aromatic carbocycles. The highest BCUT2D eigenvalue weighted by atomic mass is 14.9. The maximum atomic E-state index is 3.49. The van der Waals surface area contributed by atoms with Gasteiger partial charge in [-0.15, -0.1) is 0 Å². The smallest absolute Gasteiger partial charge is 0.0382 e. The highest BCUT2D eigenvalue weighted by Gasteiger charge is 2.20. The molecule has 0 aromatic heterocycles. The number of fused-ring (bicyclic) bond motifs is 3.